The van der Waals surface area contributed by atoms with Crippen LogP contribution in [0.3, 0.4) is 0 Å². The molecule has 0 spiro atoms. The Bertz CT molecular complexity index is 619. The molecule has 1 aromatic heterocycles. The van der Waals surface area contributed by atoms with Gasteiger partial charge in [-0.3, -0.25) is 14.8 Å². The third-order valence-corrected chi connectivity index (χ3v) is 2.66. The summed E-state index contributed by atoms with van der Waals surface area (Å²) in [4.78, 5) is 9.83. The summed E-state index contributed by atoms with van der Waals surface area (Å²) in [7, 11) is 0. The van der Waals surface area contributed by atoms with Gasteiger partial charge in [0.2, 0.25) is 0 Å². The molecule has 0 aliphatic heterocycles. The third-order valence-electron chi connectivity index (χ3n) is 2.66. The van der Waals surface area contributed by atoms with E-state index in [9.17, 15) is 23.3 Å². The molecule has 0 saturated heterocycles. The fraction of sp³-hybridized carbons (Fsp3) is 0.182. The van der Waals surface area contributed by atoms with E-state index in [2.05, 4.69) is 5.10 Å². The Morgan fingerprint density at radius 2 is 1.89 bits per heavy atom. The summed E-state index contributed by atoms with van der Waals surface area (Å²) in [6, 6.07) is 0.161. The number of benzene rings is 1. The van der Waals surface area contributed by atoms with Crippen molar-refractivity contribution < 1.29 is 18.1 Å². The molecule has 2 rings (SSSR count). The second kappa shape index (κ2) is 4.71. The topological polar surface area (TPSA) is 61.0 Å². The highest BCUT2D eigenvalue weighted by molar-refractivity contribution is 5.27. The molecule has 0 saturated carbocycles. The van der Waals surface area contributed by atoms with E-state index < -0.39 is 34.0 Å². The summed E-state index contributed by atoms with van der Waals surface area (Å²) in [5, 5.41) is 14.2. The zero-order valence-corrected chi connectivity index (χ0v) is 9.68. The van der Waals surface area contributed by atoms with Crippen molar-refractivity contribution in [2.75, 3.05) is 0 Å². The summed E-state index contributed by atoms with van der Waals surface area (Å²) in [6.45, 7) is 1.40. The lowest BCUT2D eigenvalue weighted by Gasteiger charge is -2.14. The summed E-state index contributed by atoms with van der Waals surface area (Å²) in [6.07, 6.45) is 2.02. The molecule has 5 nitrogen and oxygen atoms in total. The zero-order chi connectivity index (χ0) is 14.2. The van der Waals surface area contributed by atoms with E-state index in [1.807, 2.05) is 0 Å². The van der Waals surface area contributed by atoms with Gasteiger partial charge in [0.15, 0.2) is 0 Å². The molecule has 1 heterocycles. The van der Waals surface area contributed by atoms with Crippen LogP contribution in [0.4, 0.5) is 18.9 Å². The number of nitrogens with zero attached hydrogens (tertiary/aromatic N) is 3. The molecule has 0 amide bonds. The highest BCUT2D eigenvalue weighted by Gasteiger charge is 2.21. The van der Waals surface area contributed by atoms with Crippen LogP contribution < -0.4 is 0 Å². The molecule has 0 N–H and O–H groups in total. The average molecular weight is 271 g/mol. The second-order valence-electron chi connectivity index (χ2n) is 3.89. The minimum atomic E-state index is -1.07. The van der Waals surface area contributed by atoms with Crippen molar-refractivity contribution in [3.63, 3.8) is 0 Å². The highest BCUT2D eigenvalue weighted by Crippen LogP contribution is 2.25. The summed E-state index contributed by atoms with van der Waals surface area (Å²) >= 11 is 0. The number of halogens is 3. The first kappa shape index (κ1) is 13.1. The maximum Gasteiger partial charge on any atom is 0.307 e. The van der Waals surface area contributed by atoms with E-state index in [-0.39, 0.29) is 5.69 Å². The number of rotatable bonds is 3. The van der Waals surface area contributed by atoms with Gasteiger partial charge in [0.05, 0.1) is 11.0 Å². The van der Waals surface area contributed by atoms with Gasteiger partial charge < -0.3 is 0 Å². The highest BCUT2D eigenvalue weighted by atomic mass is 19.1. The molecule has 0 fully saturated rings. The van der Waals surface area contributed by atoms with Gasteiger partial charge in [-0.1, -0.05) is 0 Å². The fourth-order valence-corrected chi connectivity index (χ4v) is 1.72. The average Bonchev–Trinajstić information content (AvgIpc) is 2.76. The van der Waals surface area contributed by atoms with Crippen LogP contribution in [0.1, 0.15) is 18.5 Å². The Morgan fingerprint density at radius 3 is 2.37 bits per heavy atom. The largest absolute Gasteiger partial charge is 0.307 e. The van der Waals surface area contributed by atoms with Gasteiger partial charge in [-0.15, -0.1) is 0 Å². The van der Waals surface area contributed by atoms with Crippen LogP contribution in [-0.2, 0) is 0 Å². The summed E-state index contributed by atoms with van der Waals surface area (Å²) in [5.74, 6) is -3.16. The number of aromatic nitrogens is 2. The second-order valence-corrected chi connectivity index (χ2v) is 3.89. The van der Waals surface area contributed by atoms with Gasteiger partial charge in [-0.2, -0.15) is 5.10 Å². The lowest BCUT2D eigenvalue weighted by molar-refractivity contribution is -0.385. The van der Waals surface area contributed by atoms with E-state index in [0.29, 0.717) is 12.1 Å². The Labute approximate surface area is 105 Å². The summed E-state index contributed by atoms with van der Waals surface area (Å²) in [5.41, 5.74) is -0.700. The van der Waals surface area contributed by atoms with Crippen LogP contribution in [0.5, 0.6) is 0 Å². The Morgan fingerprint density at radius 1 is 1.32 bits per heavy atom. The van der Waals surface area contributed by atoms with Crippen molar-refractivity contribution in [2.24, 2.45) is 0 Å². The smallest absolute Gasteiger partial charge is 0.258 e. The van der Waals surface area contributed by atoms with E-state index in [1.165, 1.54) is 6.92 Å². The van der Waals surface area contributed by atoms with Crippen LogP contribution in [0.2, 0.25) is 0 Å². The lowest BCUT2D eigenvalue weighted by atomic mass is 10.1. The molecule has 19 heavy (non-hydrogen) atoms. The molecule has 0 aliphatic rings. The minimum Gasteiger partial charge on any atom is -0.258 e. The van der Waals surface area contributed by atoms with Gasteiger partial charge in [0, 0.05) is 17.7 Å². The normalized spacial score (nSPS) is 12.4. The first-order chi connectivity index (χ1) is 8.90. The van der Waals surface area contributed by atoms with E-state index in [0.717, 1.165) is 17.1 Å². The molecule has 8 heteroatoms. The van der Waals surface area contributed by atoms with Crippen LogP contribution in [0.15, 0.2) is 24.5 Å². The Kier molecular flexibility index (Phi) is 3.24. The van der Waals surface area contributed by atoms with Crippen molar-refractivity contribution in [1.29, 1.82) is 0 Å². The van der Waals surface area contributed by atoms with Crippen LogP contribution >= 0.6 is 0 Å². The third kappa shape index (κ3) is 2.42. The molecule has 0 aliphatic carbocycles. The maximum atomic E-state index is 13.6. The van der Waals surface area contributed by atoms with Crippen LogP contribution in [-0.4, -0.2) is 14.7 Å². The quantitative estimate of drug-likeness (QED) is 0.637. The van der Waals surface area contributed by atoms with Crippen molar-refractivity contribution in [2.45, 2.75) is 13.0 Å². The zero-order valence-electron chi connectivity index (χ0n) is 9.68. The number of nitro groups is 1. The molecular weight excluding hydrogens is 263 g/mol. The number of hydrogen-bond acceptors (Lipinski definition) is 3. The predicted molar refractivity (Wildman–Crippen MR) is 59.0 cm³/mol. The van der Waals surface area contributed by atoms with Crippen LogP contribution in [0.25, 0.3) is 0 Å². The van der Waals surface area contributed by atoms with Gasteiger partial charge in [0.25, 0.3) is 0 Å². The lowest BCUT2D eigenvalue weighted by Crippen LogP contribution is -2.11. The minimum absolute atomic E-state index is 0.297. The van der Waals surface area contributed by atoms with Crippen molar-refractivity contribution in [1.82, 2.24) is 9.78 Å². The predicted octanol–water partition coefficient (Wildman–Crippen LogP) is 2.82. The number of hydrogen-bond donors (Lipinski definition) is 0. The van der Waals surface area contributed by atoms with E-state index in [4.69, 9.17) is 0 Å². The first-order valence-electron chi connectivity index (χ1n) is 5.23. The standard InChI is InChI=1S/C11H8F3N3O2/c1-6(16-5-8(4-15-16)17(18)19)11-9(13)2-7(12)3-10(11)14/h2-6H,1H3. The molecule has 0 bridgehead atoms. The molecular formula is C11H8F3N3O2. The molecule has 1 aromatic carbocycles. The maximum absolute atomic E-state index is 13.6. The van der Waals surface area contributed by atoms with Crippen molar-refractivity contribution in [3.8, 4) is 0 Å². The molecule has 2 aromatic rings. The van der Waals surface area contributed by atoms with Gasteiger partial charge >= 0.3 is 5.69 Å². The van der Waals surface area contributed by atoms with Gasteiger partial charge in [0.1, 0.15) is 29.8 Å². The summed E-state index contributed by atoms with van der Waals surface area (Å²) < 4.78 is 40.9. The van der Waals surface area contributed by atoms with E-state index >= 15 is 0 Å². The SMILES string of the molecule is CC(c1c(F)cc(F)cc1F)n1cc([N+](=O)[O-])cn1. The first-order valence-corrected chi connectivity index (χ1v) is 5.23. The Hall–Kier alpha value is -2.38. The molecule has 1 unspecified atom stereocenters. The Balaban J connectivity index is 2.43. The van der Waals surface area contributed by atoms with Crippen LogP contribution in [0, 0.1) is 27.6 Å². The molecule has 0 radical (unpaired) electrons. The molecule has 1 atom stereocenters. The fourth-order valence-electron chi connectivity index (χ4n) is 1.72. The van der Waals surface area contributed by atoms with Crippen molar-refractivity contribution >= 4 is 5.69 Å². The monoisotopic (exact) mass is 271 g/mol. The van der Waals surface area contributed by atoms with E-state index in [1.54, 1.807) is 0 Å². The van der Waals surface area contributed by atoms with Crippen molar-refractivity contribution in [3.05, 3.63) is 57.7 Å². The van der Waals surface area contributed by atoms with Gasteiger partial charge in [-0.25, -0.2) is 13.2 Å². The molecule has 100 valence electrons. The van der Waals surface area contributed by atoms with Gasteiger partial charge in [-0.05, 0) is 6.92 Å².